The summed E-state index contributed by atoms with van der Waals surface area (Å²) >= 11 is 0. The van der Waals surface area contributed by atoms with E-state index in [0.29, 0.717) is 12.2 Å². The van der Waals surface area contributed by atoms with E-state index in [9.17, 15) is 4.79 Å². The highest BCUT2D eigenvalue weighted by Crippen LogP contribution is 2.12. The first kappa shape index (κ1) is 11.0. The van der Waals surface area contributed by atoms with Crippen LogP contribution in [0.1, 0.15) is 55.8 Å². The maximum Gasteiger partial charge on any atom is 0.197 e. The number of carbonyl (C=O) groups excluding carboxylic acids is 1. The van der Waals surface area contributed by atoms with Crippen molar-refractivity contribution in [2.45, 2.75) is 46.0 Å². The van der Waals surface area contributed by atoms with Gasteiger partial charge in [0.05, 0.1) is 0 Å². The minimum absolute atomic E-state index is 0.137. The van der Waals surface area contributed by atoms with Gasteiger partial charge in [0.2, 0.25) is 0 Å². The molecule has 2 nitrogen and oxygen atoms in total. The number of carbonyl (C=O) groups is 1. The fraction of sp³-hybridized carbons (Fsp3) is 0.583. The van der Waals surface area contributed by atoms with Crippen LogP contribution < -0.4 is 0 Å². The van der Waals surface area contributed by atoms with Gasteiger partial charge < -0.3 is 4.42 Å². The van der Waals surface area contributed by atoms with E-state index in [1.54, 1.807) is 6.07 Å². The molecule has 78 valence electrons. The van der Waals surface area contributed by atoms with Gasteiger partial charge >= 0.3 is 0 Å². The first-order valence-corrected chi connectivity index (χ1v) is 5.39. The lowest BCUT2D eigenvalue weighted by molar-refractivity contribution is 0.0951. The van der Waals surface area contributed by atoms with Crippen LogP contribution in [0.25, 0.3) is 0 Å². The summed E-state index contributed by atoms with van der Waals surface area (Å²) in [7, 11) is 0. The third kappa shape index (κ3) is 3.02. The summed E-state index contributed by atoms with van der Waals surface area (Å²) < 4.78 is 5.38. The summed E-state index contributed by atoms with van der Waals surface area (Å²) in [6.07, 6.45) is 4.70. The van der Waals surface area contributed by atoms with Crippen molar-refractivity contribution in [1.29, 1.82) is 0 Å². The number of rotatable bonds is 6. The van der Waals surface area contributed by atoms with Gasteiger partial charge in [0.1, 0.15) is 5.76 Å². The Morgan fingerprint density at radius 3 is 2.64 bits per heavy atom. The zero-order valence-corrected chi connectivity index (χ0v) is 9.01. The van der Waals surface area contributed by atoms with Crippen molar-refractivity contribution < 1.29 is 9.21 Å². The molecule has 1 aromatic rings. The molecule has 1 rings (SSSR count). The van der Waals surface area contributed by atoms with Crippen LogP contribution in [-0.2, 0) is 6.42 Å². The topological polar surface area (TPSA) is 30.2 Å². The molecule has 0 aliphatic rings. The van der Waals surface area contributed by atoms with Crippen molar-refractivity contribution in [3.8, 4) is 0 Å². The van der Waals surface area contributed by atoms with Gasteiger partial charge in [-0.1, -0.05) is 26.7 Å². The van der Waals surface area contributed by atoms with Crippen LogP contribution in [0.3, 0.4) is 0 Å². The zero-order chi connectivity index (χ0) is 10.4. The number of hydrogen-bond acceptors (Lipinski definition) is 2. The molecule has 0 spiro atoms. The van der Waals surface area contributed by atoms with E-state index in [1.807, 2.05) is 13.0 Å². The second kappa shape index (κ2) is 5.63. The summed E-state index contributed by atoms with van der Waals surface area (Å²) in [4.78, 5) is 11.6. The van der Waals surface area contributed by atoms with Crippen LogP contribution in [0.5, 0.6) is 0 Å². The Labute approximate surface area is 85.3 Å². The predicted molar refractivity (Wildman–Crippen MR) is 56.6 cm³/mol. The normalized spacial score (nSPS) is 10.4. The lowest BCUT2D eigenvalue weighted by Gasteiger charge is -1.96. The minimum atomic E-state index is 0.137. The molecular weight excluding hydrogens is 176 g/mol. The van der Waals surface area contributed by atoms with E-state index in [0.717, 1.165) is 31.4 Å². The molecule has 1 heterocycles. The van der Waals surface area contributed by atoms with Gasteiger partial charge in [-0.2, -0.15) is 0 Å². The Kier molecular flexibility index (Phi) is 4.44. The third-order valence-electron chi connectivity index (χ3n) is 2.29. The number of unbranched alkanes of at least 4 members (excludes halogenated alkanes) is 2. The smallest absolute Gasteiger partial charge is 0.197 e. The maximum absolute atomic E-state index is 11.6. The molecule has 0 aliphatic heterocycles. The SMILES string of the molecule is CCCCCC(=O)c1ccc(CC)o1. The van der Waals surface area contributed by atoms with Crippen LogP contribution in [-0.4, -0.2) is 5.78 Å². The van der Waals surface area contributed by atoms with Crippen molar-refractivity contribution in [2.75, 3.05) is 0 Å². The highest BCUT2D eigenvalue weighted by Gasteiger charge is 2.09. The summed E-state index contributed by atoms with van der Waals surface area (Å²) in [5, 5.41) is 0. The van der Waals surface area contributed by atoms with Gasteiger partial charge in [-0.3, -0.25) is 4.79 Å². The van der Waals surface area contributed by atoms with Crippen LogP contribution in [0, 0.1) is 0 Å². The highest BCUT2D eigenvalue weighted by atomic mass is 16.3. The van der Waals surface area contributed by atoms with E-state index in [2.05, 4.69) is 6.92 Å². The van der Waals surface area contributed by atoms with E-state index in [4.69, 9.17) is 4.42 Å². The Bertz CT molecular complexity index is 286. The minimum Gasteiger partial charge on any atom is -0.458 e. The summed E-state index contributed by atoms with van der Waals surface area (Å²) in [6.45, 7) is 4.15. The van der Waals surface area contributed by atoms with Gasteiger partial charge in [-0.15, -0.1) is 0 Å². The molecule has 0 atom stereocenters. The number of furan rings is 1. The van der Waals surface area contributed by atoms with Crippen LogP contribution >= 0.6 is 0 Å². The molecular formula is C12H18O2. The van der Waals surface area contributed by atoms with Crippen LogP contribution in [0.2, 0.25) is 0 Å². The monoisotopic (exact) mass is 194 g/mol. The van der Waals surface area contributed by atoms with E-state index in [-0.39, 0.29) is 5.78 Å². The number of aryl methyl sites for hydroxylation is 1. The van der Waals surface area contributed by atoms with Crippen molar-refractivity contribution >= 4 is 5.78 Å². The summed E-state index contributed by atoms with van der Waals surface area (Å²) in [5.74, 6) is 1.56. The van der Waals surface area contributed by atoms with Gasteiger partial charge in [-0.25, -0.2) is 0 Å². The van der Waals surface area contributed by atoms with E-state index in [1.165, 1.54) is 0 Å². The van der Waals surface area contributed by atoms with Crippen molar-refractivity contribution in [1.82, 2.24) is 0 Å². The second-order valence-corrected chi connectivity index (χ2v) is 3.50. The molecule has 0 saturated carbocycles. The van der Waals surface area contributed by atoms with Gasteiger partial charge in [0, 0.05) is 12.8 Å². The molecule has 2 heteroatoms. The predicted octanol–water partition coefficient (Wildman–Crippen LogP) is 3.61. The molecule has 0 unspecified atom stereocenters. The van der Waals surface area contributed by atoms with Gasteiger partial charge in [-0.05, 0) is 18.6 Å². The number of hydrogen-bond donors (Lipinski definition) is 0. The maximum atomic E-state index is 11.6. The molecule has 0 aliphatic carbocycles. The fourth-order valence-corrected chi connectivity index (χ4v) is 1.38. The lowest BCUT2D eigenvalue weighted by atomic mass is 10.1. The largest absolute Gasteiger partial charge is 0.458 e. The highest BCUT2D eigenvalue weighted by molar-refractivity contribution is 5.93. The Morgan fingerprint density at radius 1 is 1.29 bits per heavy atom. The molecule has 0 N–H and O–H groups in total. The van der Waals surface area contributed by atoms with Crippen molar-refractivity contribution in [2.24, 2.45) is 0 Å². The summed E-state index contributed by atoms with van der Waals surface area (Å²) in [5.41, 5.74) is 0. The first-order valence-electron chi connectivity index (χ1n) is 5.39. The average molecular weight is 194 g/mol. The third-order valence-corrected chi connectivity index (χ3v) is 2.29. The first-order chi connectivity index (χ1) is 6.77. The molecule has 0 aromatic carbocycles. The lowest BCUT2D eigenvalue weighted by Crippen LogP contribution is -1.96. The quantitative estimate of drug-likeness (QED) is 0.511. The zero-order valence-electron chi connectivity index (χ0n) is 9.01. The Morgan fingerprint density at radius 2 is 2.07 bits per heavy atom. The number of Topliss-reactive ketones (excluding diaryl/α,β-unsaturated/α-hetero) is 1. The van der Waals surface area contributed by atoms with Crippen molar-refractivity contribution in [3.05, 3.63) is 23.7 Å². The summed E-state index contributed by atoms with van der Waals surface area (Å²) in [6, 6.07) is 3.67. The molecule has 0 amide bonds. The van der Waals surface area contributed by atoms with E-state index >= 15 is 0 Å². The van der Waals surface area contributed by atoms with Gasteiger partial charge in [0.15, 0.2) is 11.5 Å². The molecule has 0 bridgehead atoms. The van der Waals surface area contributed by atoms with Crippen LogP contribution in [0.4, 0.5) is 0 Å². The molecule has 0 saturated heterocycles. The second-order valence-electron chi connectivity index (χ2n) is 3.50. The number of ketones is 1. The molecule has 1 aromatic heterocycles. The van der Waals surface area contributed by atoms with E-state index < -0.39 is 0 Å². The Hall–Kier alpha value is -1.05. The molecule has 14 heavy (non-hydrogen) atoms. The standard InChI is InChI=1S/C12H18O2/c1-3-5-6-7-11(13)12-9-8-10(4-2)14-12/h8-9H,3-7H2,1-2H3. The molecule has 0 radical (unpaired) electrons. The van der Waals surface area contributed by atoms with Gasteiger partial charge in [0.25, 0.3) is 0 Å². The van der Waals surface area contributed by atoms with Crippen molar-refractivity contribution in [3.63, 3.8) is 0 Å². The van der Waals surface area contributed by atoms with Crippen LogP contribution in [0.15, 0.2) is 16.5 Å². The molecule has 0 fully saturated rings. The average Bonchev–Trinajstić information content (AvgIpc) is 2.66. The Balaban J connectivity index is 2.44. The fourth-order valence-electron chi connectivity index (χ4n) is 1.38.